The maximum Gasteiger partial charge on any atom is 0.330 e. The number of ether oxygens (including phenoxy) is 2. The molecule has 1 aliphatic rings. The fraction of sp³-hybridized carbons (Fsp3) is 0.778. The maximum atomic E-state index is 12.3. The van der Waals surface area contributed by atoms with Crippen molar-refractivity contribution in [1.82, 2.24) is 9.55 Å². The zero-order chi connectivity index (χ0) is 24.7. The number of aromatic nitrogens is 2. The van der Waals surface area contributed by atoms with Crippen molar-refractivity contribution in [3.8, 4) is 0 Å². The van der Waals surface area contributed by atoms with Crippen LogP contribution < -0.4 is 11.2 Å². The molecular formula is C18H32N2O5SSi. The molecule has 0 amide bonds. The first-order chi connectivity index (χ1) is 14.3. The molecule has 0 saturated carbocycles. The molecular weight excluding hydrogens is 384 g/mol. The minimum atomic E-state index is -2.59. The van der Waals surface area contributed by atoms with Crippen molar-refractivity contribution >= 4 is 20.1 Å². The lowest BCUT2D eigenvalue weighted by molar-refractivity contribution is -0.0529. The SMILES string of the molecule is [2H]C([2H])([2H])SC([2H])([2H])OC1C[C@H](n2cc(C)c(=O)[nH]c2=O)O[C@@H]1CO[Si](C)(C)C(C)(C)C. The molecule has 0 aromatic carbocycles. The van der Waals surface area contributed by atoms with Gasteiger partial charge < -0.3 is 13.9 Å². The summed E-state index contributed by atoms with van der Waals surface area (Å²) in [6, 6.07) is 0. The van der Waals surface area contributed by atoms with E-state index in [1.54, 1.807) is 6.92 Å². The summed E-state index contributed by atoms with van der Waals surface area (Å²) in [6.07, 6.45) is -3.56. The fourth-order valence-corrected chi connectivity index (χ4v) is 3.72. The van der Waals surface area contributed by atoms with Gasteiger partial charge in [-0.3, -0.25) is 14.3 Å². The number of rotatable bonds is 7. The number of aryl methyl sites for hydroxylation is 1. The van der Waals surface area contributed by atoms with Crippen molar-refractivity contribution in [2.75, 3.05) is 18.7 Å². The third-order valence-electron chi connectivity index (χ3n) is 5.29. The van der Waals surface area contributed by atoms with Crippen LogP contribution in [-0.2, 0) is 13.9 Å². The number of hydrogen-bond donors (Lipinski definition) is 1. The van der Waals surface area contributed by atoms with Crippen molar-refractivity contribution in [2.24, 2.45) is 0 Å². The molecule has 1 N–H and O–H groups in total. The Morgan fingerprint density at radius 2 is 2.19 bits per heavy atom. The van der Waals surface area contributed by atoms with Gasteiger partial charge in [-0.1, -0.05) is 20.8 Å². The summed E-state index contributed by atoms with van der Waals surface area (Å²) >= 11 is 0.0878. The highest BCUT2D eigenvalue weighted by atomic mass is 32.2. The highest BCUT2D eigenvalue weighted by Gasteiger charge is 2.42. The minimum Gasteiger partial charge on any atom is -0.414 e. The average Bonchev–Trinajstić information content (AvgIpc) is 2.94. The Balaban J connectivity index is 2.29. The Labute approximate surface area is 172 Å². The van der Waals surface area contributed by atoms with Crippen LogP contribution in [0.15, 0.2) is 15.8 Å². The summed E-state index contributed by atoms with van der Waals surface area (Å²) in [5.41, 5.74) is -0.838. The highest BCUT2D eigenvalue weighted by Crippen LogP contribution is 2.38. The van der Waals surface area contributed by atoms with E-state index in [0.29, 0.717) is 5.56 Å². The van der Waals surface area contributed by atoms with Gasteiger partial charge in [0.25, 0.3) is 5.56 Å². The van der Waals surface area contributed by atoms with Crippen molar-refractivity contribution in [2.45, 2.75) is 70.7 Å². The van der Waals surface area contributed by atoms with E-state index in [2.05, 4.69) is 38.8 Å². The molecule has 154 valence electrons. The van der Waals surface area contributed by atoms with Gasteiger partial charge >= 0.3 is 5.69 Å². The van der Waals surface area contributed by atoms with Crippen LogP contribution in [0.5, 0.6) is 0 Å². The molecule has 1 aromatic rings. The number of nitrogens with zero attached hydrogens (tertiary/aromatic N) is 1. The molecule has 1 unspecified atom stereocenters. The summed E-state index contributed by atoms with van der Waals surface area (Å²) in [6.45, 7) is 12.0. The molecule has 0 radical (unpaired) electrons. The number of aromatic amines is 1. The van der Waals surface area contributed by atoms with Crippen LogP contribution in [0.3, 0.4) is 0 Å². The molecule has 2 rings (SSSR count). The predicted octanol–water partition coefficient (Wildman–Crippen LogP) is 2.86. The molecule has 27 heavy (non-hydrogen) atoms. The van der Waals surface area contributed by atoms with Crippen molar-refractivity contribution < 1.29 is 20.8 Å². The first-order valence-electron chi connectivity index (χ1n) is 11.3. The summed E-state index contributed by atoms with van der Waals surface area (Å²) in [5.74, 6) is -2.50. The van der Waals surface area contributed by atoms with Gasteiger partial charge in [0.1, 0.15) is 12.3 Å². The van der Waals surface area contributed by atoms with Crippen LogP contribution >= 0.6 is 11.8 Å². The zero-order valence-electron chi connectivity index (χ0n) is 21.6. The van der Waals surface area contributed by atoms with Gasteiger partial charge in [-0.25, -0.2) is 4.79 Å². The number of hydrogen-bond acceptors (Lipinski definition) is 6. The Kier molecular flexibility index (Phi) is 5.12. The molecule has 3 atom stereocenters. The maximum absolute atomic E-state index is 12.3. The Morgan fingerprint density at radius 1 is 1.48 bits per heavy atom. The molecule has 1 saturated heterocycles. The lowest BCUT2D eigenvalue weighted by atomic mass is 10.2. The van der Waals surface area contributed by atoms with Gasteiger partial charge in [-0.15, -0.1) is 11.8 Å². The van der Waals surface area contributed by atoms with E-state index in [0.717, 1.165) is 0 Å². The first kappa shape index (κ1) is 16.0. The van der Waals surface area contributed by atoms with E-state index in [4.69, 9.17) is 20.8 Å². The normalized spacial score (nSPS) is 27.5. The predicted molar refractivity (Wildman–Crippen MR) is 111 cm³/mol. The quantitative estimate of drug-likeness (QED) is 0.538. The van der Waals surface area contributed by atoms with Crippen LogP contribution in [0, 0.1) is 6.92 Å². The zero-order valence-corrected chi connectivity index (χ0v) is 18.4. The van der Waals surface area contributed by atoms with E-state index in [1.165, 1.54) is 10.8 Å². The van der Waals surface area contributed by atoms with E-state index in [9.17, 15) is 9.59 Å². The van der Waals surface area contributed by atoms with Gasteiger partial charge in [0.05, 0.1) is 21.3 Å². The topological polar surface area (TPSA) is 82.6 Å². The summed E-state index contributed by atoms with van der Waals surface area (Å²) in [7, 11) is -2.17. The Bertz CT molecular complexity index is 928. The molecule has 0 bridgehead atoms. The van der Waals surface area contributed by atoms with Gasteiger partial charge in [0.15, 0.2) is 8.32 Å². The Morgan fingerprint density at radius 3 is 2.81 bits per heavy atom. The van der Waals surface area contributed by atoms with Crippen LogP contribution in [0.2, 0.25) is 18.1 Å². The highest BCUT2D eigenvalue weighted by molar-refractivity contribution is 7.98. The second-order valence-electron chi connectivity index (χ2n) is 8.26. The third kappa shape index (κ3) is 5.35. The Hall–Kier alpha value is -0.873. The van der Waals surface area contributed by atoms with Crippen molar-refractivity contribution in [3.05, 3.63) is 32.6 Å². The number of H-pyrrole nitrogens is 1. The second-order valence-corrected chi connectivity index (χ2v) is 13.4. The van der Waals surface area contributed by atoms with Crippen molar-refractivity contribution in [3.63, 3.8) is 0 Å². The first-order valence-corrected chi connectivity index (χ1v) is 12.5. The fourth-order valence-electron chi connectivity index (χ4n) is 2.54. The van der Waals surface area contributed by atoms with E-state index >= 15 is 0 Å². The van der Waals surface area contributed by atoms with Gasteiger partial charge in [-0.05, 0) is 31.2 Å². The van der Waals surface area contributed by atoms with Crippen LogP contribution in [0.1, 0.15) is 45.8 Å². The average molecular weight is 422 g/mol. The molecule has 0 spiro atoms. The van der Waals surface area contributed by atoms with E-state index in [1.807, 2.05) is 0 Å². The molecule has 9 heteroatoms. The van der Waals surface area contributed by atoms with Crippen molar-refractivity contribution in [1.29, 1.82) is 0 Å². The largest absolute Gasteiger partial charge is 0.414 e. The molecule has 0 aliphatic carbocycles. The standard InChI is InChI=1S/C18H32N2O5SSi/c1-12-9-20(17(22)19-16(12)21)15-8-13(23-11-26-5)14(25-15)10-24-27(6,7)18(2,3)4/h9,13-15H,8,10-11H2,1-7H3,(H,19,21,22)/t13?,14-,15-/m1/s1/i5D3,11D2. The van der Waals surface area contributed by atoms with E-state index in [-0.39, 0.29) is 29.8 Å². The molecule has 1 fully saturated rings. The molecule has 7 nitrogen and oxygen atoms in total. The van der Waals surface area contributed by atoms with Gasteiger partial charge in [0.2, 0.25) is 0 Å². The summed E-state index contributed by atoms with van der Waals surface area (Å²) < 4.78 is 57.0. The van der Waals surface area contributed by atoms with Crippen LogP contribution in [0.4, 0.5) is 0 Å². The van der Waals surface area contributed by atoms with E-state index < -0.39 is 50.1 Å². The lowest BCUT2D eigenvalue weighted by Crippen LogP contribution is -2.44. The van der Waals surface area contributed by atoms with Gasteiger partial charge in [-0.2, -0.15) is 0 Å². The summed E-state index contributed by atoms with van der Waals surface area (Å²) in [5, 5.41) is -0.0694. The van der Waals surface area contributed by atoms with Crippen LogP contribution in [0.25, 0.3) is 0 Å². The second kappa shape index (κ2) is 8.65. The lowest BCUT2D eigenvalue weighted by Gasteiger charge is -2.37. The summed E-state index contributed by atoms with van der Waals surface area (Å²) in [4.78, 5) is 26.3. The minimum absolute atomic E-state index is 0.0694. The molecule has 2 heterocycles. The third-order valence-corrected chi connectivity index (χ3v) is 9.97. The monoisotopic (exact) mass is 421 g/mol. The smallest absolute Gasteiger partial charge is 0.330 e. The number of nitrogens with one attached hydrogen (secondary N) is 1. The van der Waals surface area contributed by atoms with Gasteiger partial charge in [0, 0.05) is 22.3 Å². The number of thioether (sulfide) groups is 1. The van der Waals surface area contributed by atoms with Crippen LogP contribution in [-0.4, -0.2) is 48.8 Å². The molecule has 1 aliphatic heterocycles. The molecule has 1 aromatic heterocycles.